The summed E-state index contributed by atoms with van der Waals surface area (Å²) in [6.07, 6.45) is 6.85. The Morgan fingerprint density at radius 1 is 1.22 bits per heavy atom. The van der Waals surface area contributed by atoms with Crippen LogP contribution in [-0.4, -0.2) is 19.1 Å². The van der Waals surface area contributed by atoms with Gasteiger partial charge >= 0.3 is 0 Å². The summed E-state index contributed by atoms with van der Waals surface area (Å²) >= 11 is 0. The number of nitrogens with zero attached hydrogens (tertiary/aromatic N) is 1. The summed E-state index contributed by atoms with van der Waals surface area (Å²) in [7, 11) is 2.24. The molecule has 0 heterocycles. The predicted octanol–water partition coefficient (Wildman–Crippen LogP) is 3.24. The molecule has 2 heteroatoms. The van der Waals surface area contributed by atoms with Gasteiger partial charge in [-0.1, -0.05) is 6.07 Å². The molecule has 0 bridgehead atoms. The van der Waals surface area contributed by atoms with Gasteiger partial charge in [0.1, 0.15) is 0 Å². The topological polar surface area (TPSA) is 15.3 Å². The largest absolute Gasteiger partial charge is 0.372 e. The second-order valence-electron chi connectivity index (χ2n) is 5.96. The highest BCUT2D eigenvalue weighted by Crippen LogP contribution is 2.29. The second-order valence-corrected chi connectivity index (χ2v) is 5.96. The van der Waals surface area contributed by atoms with E-state index in [-0.39, 0.29) is 0 Å². The van der Waals surface area contributed by atoms with Crippen LogP contribution in [0, 0.1) is 6.92 Å². The van der Waals surface area contributed by atoms with Gasteiger partial charge in [0.2, 0.25) is 0 Å². The van der Waals surface area contributed by atoms with Gasteiger partial charge in [0.05, 0.1) is 0 Å². The van der Waals surface area contributed by atoms with Crippen LogP contribution in [0.3, 0.4) is 0 Å². The van der Waals surface area contributed by atoms with Crippen molar-refractivity contribution in [2.75, 3.05) is 11.9 Å². The normalized spacial score (nSPS) is 19.7. The fourth-order valence-corrected chi connectivity index (χ4v) is 2.62. The summed E-state index contributed by atoms with van der Waals surface area (Å²) in [5.41, 5.74) is 4.26. The molecule has 0 unspecified atom stereocenters. The SMILES string of the molecule is Cc1cc(N(C)C2CCC2)ccc1CNC1CC1. The molecule has 2 aliphatic carbocycles. The molecule has 2 nitrogen and oxygen atoms in total. The molecule has 18 heavy (non-hydrogen) atoms. The van der Waals surface area contributed by atoms with Crippen molar-refractivity contribution in [3.05, 3.63) is 29.3 Å². The van der Waals surface area contributed by atoms with E-state index in [2.05, 4.69) is 42.4 Å². The molecular formula is C16H24N2. The molecule has 0 spiro atoms. The summed E-state index contributed by atoms with van der Waals surface area (Å²) in [5.74, 6) is 0. The van der Waals surface area contributed by atoms with Crippen LogP contribution in [0.25, 0.3) is 0 Å². The lowest BCUT2D eigenvalue weighted by atomic mass is 9.91. The van der Waals surface area contributed by atoms with Crippen LogP contribution in [0.5, 0.6) is 0 Å². The van der Waals surface area contributed by atoms with E-state index in [9.17, 15) is 0 Å². The van der Waals surface area contributed by atoms with Crippen molar-refractivity contribution in [2.24, 2.45) is 0 Å². The Kier molecular flexibility index (Phi) is 3.29. The molecule has 0 atom stereocenters. The molecule has 3 rings (SSSR count). The van der Waals surface area contributed by atoms with Crippen molar-refractivity contribution in [1.29, 1.82) is 0 Å². The quantitative estimate of drug-likeness (QED) is 0.855. The highest BCUT2D eigenvalue weighted by molar-refractivity contribution is 5.51. The van der Waals surface area contributed by atoms with Crippen molar-refractivity contribution in [3.8, 4) is 0 Å². The van der Waals surface area contributed by atoms with E-state index < -0.39 is 0 Å². The van der Waals surface area contributed by atoms with E-state index in [1.54, 1.807) is 0 Å². The zero-order chi connectivity index (χ0) is 12.5. The van der Waals surface area contributed by atoms with Crippen molar-refractivity contribution >= 4 is 5.69 Å². The maximum absolute atomic E-state index is 3.59. The Hall–Kier alpha value is -1.02. The van der Waals surface area contributed by atoms with Gasteiger partial charge in [-0.25, -0.2) is 0 Å². The molecule has 0 radical (unpaired) electrons. The van der Waals surface area contributed by atoms with E-state index in [0.717, 1.165) is 18.6 Å². The summed E-state index contributed by atoms with van der Waals surface area (Å²) in [6, 6.07) is 8.51. The van der Waals surface area contributed by atoms with Crippen LogP contribution in [0.1, 0.15) is 43.2 Å². The first-order chi connectivity index (χ1) is 8.74. The van der Waals surface area contributed by atoms with Gasteiger partial charge in [-0.15, -0.1) is 0 Å². The minimum absolute atomic E-state index is 0.778. The van der Waals surface area contributed by atoms with Gasteiger partial charge in [-0.3, -0.25) is 0 Å². The molecule has 0 aromatic heterocycles. The summed E-state index contributed by atoms with van der Waals surface area (Å²) in [4.78, 5) is 2.45. The zero-order valence-electron chi connectivity index (χ0n) is 11.6. The zero-order valence-corrected chi connectivity index (χ0v) is 11.6. The molecule has 2 saturated carbocycles. The van der Waals surface area contributed by atoms with Gasteiger partial charge in [-0.05, 0) is 62.3 Å². The Morgan fingerprint density at radius 3 is 2.56 bits per heavy atom. The van der Waals surface area contributed by atoms with Crippen LogP contribution in [0.15, 0.2) is 18.2 Å². The lowest BCUT2D eigenvalue weighted by molar-refractivity contribution is 0.401. The molecule has 0 saturated heterocycles. The molecule has 1 aromatic carbocycles. The second kappa shape index (κ2) is 4.93. The fourth-order valence-electron chi connectivity index (χ4n) is 2.62. The first kappa shape index (κ1) is 12.0. The summed E-state index contributed by atoms with van der Waals surface area (Å²) in [6.45, 7) is 3.27. The van der Waals surface area contributed by atoms with Crippen LogP contribution < -0.4 is 10.2 Å². The maximum atomic E-state index is 3.59. The number of benzene rings is 1. The average molecular weight is 244 g/mol. The highest BCUT2D eigenvalue weighted by atomic mass is 15.1. The molecular weight excluding hydrogens is 220 g/mol. The van der Waals surface area contributed by atoms with Gasteiger partial charge in [0.15, 0.2) is 0 Å². The highest BCUT2D eigenvalue weighted by Gasteiger charge is 2.23. The van der Waals surface area contributed by atoms with Gasteiger partial charge < -0.3 is 10.2 Å². The molecule has 0 aliphatic heterocycles. The number of aryl methyl sites for hydroxylation is 1. The van der Waals surface area contributed by atoms with Crippen LogP contribution in [-0.2, 0) is 6.54 Å². The number of nitrogens with one attached hydrogen (secondary N) is 1. The molecule has 1 aromatic rings. The van der Waals surface area contributed by atoms with Crippen LogP contribution in [0.2, 0.25) is 0 Å². The number of hydrogen-bond donors (Lipinski definition) is 1. The Labute approximate surface area is 110 Å². The third kappa shape index (κ3) is 2.54. The first-order valence-electron chi connectivity index (χ1n) is 7.30. The van der Waals surface area contributed by atoms with E-state index in [0.29, 0.717) is 0 Å². The molecule has 0 amide bonds. The minimum Gasteiger partial charge on any atom is -0.372 e. The van der Waals surface area contributed by atoms with Crippen LogP contribution in [0.4, 0.5) is 5.69 Å². The van der Waals surface area contributed by atoms with Crippen LogP contribution >= 0.6 is 0 Å². The molecule has 2 aliphatic rings. The van der Waals surface area contributed by atoms with Gasteiger partial charge in [0, 0.05) is 31.4 Å². The standard InChI is InChI=1S/C16H24N2/c1-12-10-16(18(2)15-4-3-5-15)9-6-13(12)11-17-14-7-8-14/h6,9-10,14-15,17H,3-5,7-8,11H2,1-2H3. The number of anilines is 1. The lowest BCUT2D eigenvalue weighted by Gasteiger charge is -2.36. The maximum Gasteiger partial charge on any atom is 0.0368 e. The Morgan fingerprint density at radius 2 is 2.00 bits per heavy atom. The number of rotatable bonds is 5. The summed E-state index contributed by atoms with van der Waals surface area (Å²) < 4.78 is 0. The smallest absolute Gasteiger partial charge is 0.0368 e. The summed E-state index contributed by atoms with van der Waals surface area (Å²) in [5, 5.41) is 3.59. The van der Waals surface area contributed by atoms with Gasteiger partial charge in [0.25, 0.3) is 0 Å². The number of hydrogen-bond acceptors (Lipinski definition) is 2. The molecule has 2 fully saturated rings. The Balaban J connectivity index is 1.66. The molecule has 1 N–H and O–H groups in total. The fraction of sp³-hybridized carbons (Fsp3) is 0.625. The van der Waals surface area contributed by atoms with Gasteiger partial charge in [-0.2, -0.15) is 0 Å². The van der Waals surface area contributed by atoms with E-state index in [4.69, 9.17) is 0 Å². The van der Waals surface area contributed by atoms with Crippen molar-refractivity contribution < 1.29 is 0 Å². The van der Waals surface area contributed by atoms with E-state index >= 15 is 0 Å². The minimum atomic E-state index is 0.778. The monoisotopic (exact) mass is 244 g/mol. The Bertz CT molecular complexity index is 419. The predicted molar refractivity (Wildman–Crippen MR) is 77.1 cm³/mol. The third-order valence-corrected chi connectivity index (χ3v) is 4.51. The van der Waals surface area contributed by atoms with E-state index in [1.165, 1.54) is 48.9 Å². The molecule has 98 valence electrons. The van der Waals surface area contributed by atoms with E-state index in [1.807, 2.05) is 0 Å². The van der Waals surface area contributed by atoms with Crippen molar-refractivity contribution in [3.63, 3.8) is 0 Å². The van der Waals surface area contributed by atoms with Crippen molar-refractivity contribution in [1.82, 2.24) is 5.32 Å². The first-order valence-corrected chi connectivity index (χ1v) is 7.30. The average Bonchev–Trinajstić information content (AvgIpc) is 3.08. The third-order valence-electron chi connectivity index (χ3n) is 4.51. The van der Waals surface area contributed by atoms with Crippen molar-refractivity contribution in [2.45, 2.75) is 57.7 Å². The lowest BCUT2D eigenvalue weighted by Crippen LogP contribution is -2.37.